The molecule has 0 aromatic heterocycles. The smallest absolute Gasteiger partial charge is 0.183 e. The molecular weight excluding hydrogens is 436 g/mol. The molecule has 31 heavy (non-hydrogen) atoms. The Balaban J connectivity index is 1.82. The second kappa shape index (κ2) is 9.68. The minimum atomic E-state index is -3.83. The molecule has 0 aliphatic carbocycles. The maximum Gasteiger partial charge on any atom is 0.183 e. The lowest BCUT2D eigenvalue weighted by atomic mass is 10.1. The van der Waals surface area contributed by atoms with Crippen LogP contribution in [0.25, 0.3) is 0 Å². The number of sulfone groups is 2. The Morgan fingerprint density at radius 2 is 1.71 bits per heavy atom. The van der Waals surface area contributed by atoms with E-state index in [1.807, 2.05) is 56.3 Å². The van der Waals surface area contributed by atoms with Gasteiger partial charge in [0.05, 0.1) is 28.3 Å². The molecule has 1 fully saturated rings. The van der Waals surface area contributed by atoms with Gasteiger partial charge in [-0.15, -0.1) is 0 Å². The molecule has 2 aromatic carbocycles. The van der Waals surface area contributed by atoms with Crippen LogP contribution in [0.3, 0.4) is 0 Å². The second-order valence-corrected chi connectivity index (χ2v) is 12.3. The average Bonchev–Trinajstić information content (AvgIpc) is 3.05. The Hall–Kier alpha value is -1.94. The summed E-state index contributed by atoms with van der Waals surface area (Å²) in [6.07, 6.45) is 0. The summed E-state index contributed by atoms with van der Waals surface area (Å²) in [6.45, 7) is 2.76. The second-order valence-electron chi connectivity index (χ2n) is 7.97. The Morgan fingerprint density at radius 3 is 2.29 bits per heavy atom. The molecule has 0 spiro atoms. The SMILES string of the molecule is CCOc1ccc(S(=O)(=O)[C@H]2CS(=O)(=O)C[C@@H]2NCC(c2ccccc2)N(C)C)cc1. The largest absolute Gasteiger partial charge is 0.494 e. The lowest BCUT2D eigenvalue weighted by Crippen LogP contribution is -2.46. The molecule has 2 aromatic rings. The van der Waals surface area contributed by atoms with E-state index in [0.717, 1.165) is 5.56 Å². The van der Waals surface area contributed by atoms with Crippen molar-refractivity contribution in [3.63, 3.8) is 0 Å². The van der Waals surface area contributed by atoms with Gasteiger partial charge in [0.15, 0.2) is 19.7 Å². The lowest BCUT2D eigenvalue weighted by molar-refractivity contribution is 0.282. The molecule has 1 N–H and O–H groups in total. The van der Waals surface area contributed by atoms with Crippen molar-refractivity contribution in [1.29, 1.82) is 0 Å². The van der Waals surface area contributed by atoms with Crippen LogP contribution in [0.15, 0.2) is 59.5 Å². The minimum absolute atomic E-state index is 0.0154. The van der Waals surface area contributed by atoms with Gasteiger partial charge in [-0.1, -0.05) is 30.3 Å². The number of hydrogen-bond donors (Lipinski definition) is 1. The summed E-state index contributed by atoms with van der Waals surface area (Å²) in [6, 6.07) is 15.3. The first-order valence-electron chi connectivity index (χ1n) is 10.3. The van der Waals surface area contributed by atoms with Crippen LogP contribution in [-0.2, 0) is 19.7 Å². The average molecular weight is 467 g/mol. The van der Waals surface area contributed by atoms with E-state index in [2.05, 4.69) is 5.32 Å². The highest BCUT2D eigenvalue weighted by Gasteiger charge is 2.45. The molecule has 0 amide bonds. The van der Waals surface area contributed by atoms with Crippen molar-refractivity contribution in [2.75, 3.05) is 38.8 Å². The van der Waals surface area contributed by atoms with Crippen molar-refractivity contribution in [2.24, 2.45) is 0 Å². The van der Waals surface area contributed by atoms with Gasteiger partial charge < -0.3 is 15.0 Å². The van der Waals surface area contributed by atoms with Crippen LogP contribution in [0, 0.1) is 0 Å². The first kappa shape index (κ1) is 23.7. The van der Waals surface area contributed by atoms with E-state index in [1.165, 1.54) is 12.1 Å². The zero-order valence-electron chi connectivity index (χ0n) is 18.1. The molecule has 1 saturated heterocycles. The predicted octanol–water partition coefficient (Wildman–Crippen LogP) is 1.92. The van der Waals surface area contributed by atoms with Crippen LogP contribution in [0.2, 0.25) is 0 Å². The van der Waals surface area contributed by atoms with Crippen molar-refractivity contribution in [3.05, 3.63) is 60.2 Å². The molecule has 7 nitrogen and oxygen atoms in total. The predicted molar refractivity (Wildman–Crippen MR) is 122 cm³/mol. The fraction of sp³-hybridized carbons (Fsp3) is 0.455. The summed E-state index contributed by atoms with van der Waals surface area (Å²) >= 11 is 0. The fourth-order valence-corrected chi connectivity index (χ4v) is 8.63. The van der Waals surface area contributed by atoms with Crippen molar-refractivity contribution in [1.82, 2.24) is 10.2 Å². The number of benzene rings is 2. The summed E-state index contributed by atoms with van der Waals surface area (Å²) in [7, 11) is -3.41. The zero-order valence-corrected chi connectivity index (χ0v) is 19.7. The summed E-state index contributed by atoms with van der Waals surface area (Å²) < 4.78 is 56.7. The molecule has 1 unspecified atom stereocenters. The van der Waals surface area contributed by atoms with Crippen LogP contribution in [-0.4, -0.2) is 71.8 Å². The third-order valence-electron chi connectivity index (χ3n) is 5.54. The fourth-order valence-electron chi connectivity index (χ4n) is 3.92. The molecule has 1 heterocycles. The quantitative estimate of drug-likeness (QED) is 0.603. The van der Waals surface area contributed by atoms with Crippen LogP contribution >= 0.6 is 0 Å². The highest BCUT2D eigenvalue weighted by molar-refractivity contribution is 7.96. The molecule has 0 radical (unpaired) electrons. The van der Waals surface area contributed by atoms with Crippen LogP contribution < -0.4 is 10.1 Å². The van der Waals surface area contributed by atoms with Gasteiger partial charge in [-0.25, -0.2) is 16.8 Å². The van der Waals surface area contributed by atoms with Crippen LogP contribution in [0.1, 0.15) is 18.5 Å². The highest BCUT2D eigenvalue weighted by Crippen LogP contribution is 2.28. The molecule has 170 valence electrons. The first-order chi connectivity index (χ1) is 14.6. The Bertz CT molecular complexity index is 1070. The lowest BCUT2D eigenvalue weighted by Gasteiger charge is -2.28. The standard InChI is InChI=1S/C22H30N2O5S2/c1-4-29-18-10-12-19(13-11-18)31(27,28)22-16-30(25,26)15-20(22)23-14-21(24(2)3)17-8-6-5-7-9-17/h5-13,20-23H,4,14-16H2,1-3H3/t20-,21?,22-/m0/s1. The van der Waals surface area contributed by atoms with Gasteiger partial charge >= 0.3 is 0 Å². The van der Waals surface area contributed by atoms with E-state index < -0.39 is 31.0 Å². The molecule has 9 heteroatoms. The monoisotopic (exact) mass is 466 g/mol. The molecule has 3 atom stereocenters. The number of nitrogens with one attached hydrogen (secondary N) is 1. The van der Waals surface area contributed by atoms with Gasteiger partial charge in [0.1, 0.15) is 5.75 Å². The molecule has 3 rings (SSSR count). The topological polar surface area (TPSA) is 92.8 Å². The van der Waals surface area contributed by atoms with E-state index in [9.17, 15) is 16.8 Å². The summed E-state index contributed by atoms with van der Waals surface area (Å²) in [5, 5.41) is 2.22. The number of nitrogens with zero attached hydrogens (tertiary/aromatic N) is 1. The van der Waals surface area contributed by atoms with Gasteiger partial charge in [-0.3, -0.25) is 0 Å². The van der Waals surface area contributed by atoms with Gasteiger partial charge in [0, 0.05) is 18.6 Å². The Morgan fingerprint density at radius 1 is 1.06 bits per heavy atom. The van der Waals surface area contributed by atoms with Crippen molar-refractivity contribution in [3.8, 4) is 5.75 Å². The van der Waals surface area contributed by atoms with Gasteiger partial charge in [0.25, 0.3) is 0 Å². The van der Waals surface area contributed by atoms with Gasteiger partial charge in [-0.05, 0) is 50.8 Å². The normalized spacial score (nSPS) is 21.8. The molecule has 1 aliphatic rings. The Kier molecular flexibility index (Phi) is 7.41. The van der Waals surface area contributed by atoms with Gasteiger partial charge in [-0.2, -0.15) is 0 Å². The van der Waals surface area contributed by atoms with Crippen LogP contribution in [0.5, 0.6) is 5.75 Å². The van der Waals surface area contributed by atoms with Crippen molar-refractivity contribution >= 4 is 19.7 Å². The van der Waals surface area contributed by atoms with E-state index in [0.29, 0.717) is 18.9 Å². The minimum Gasteiger partial charge on any atom is -0.494 e. The summed E-state index contributed by atoms with van der Waals surface area (Å²) in [5.41, 5.74) is 1.08. The third kappa shape index (κ3) is 5.65. The molecular formula is C22H30N2O5S2. The zero-order chi connectivity index (χ0) is 22.6. The molecule has 0 bridgehead atoms. The van der Waals surface area contributed by atoms with E-state index in [1.54, 1.807) is 12.1 Å². The van der Waals surface area contributed by atoms with Crippen molar-refractivity contribution in [2.45, 2.75) is 29.2 Å². The first-order valence-corrected chi connectivity index (χ1v) is 13.6. The number of likely N-dealkylation sites (N-methyl/N-ethyl adjacent to an activating group) is 1. The van der Waals surface area contributed by atoms with Crippen molar-refractivity contribution < 1.29 is 21.6 Å². The van der Waals surface area contributed by atoms with Crippen LogP contribution in [0.4, 0.5) is 0 Å². The number of rotatable bonds is 9. The van der Waals surface area contributed by atoms with E-state index in [4.69, 9.17) is 4.74 Å². The highest BCUT2D eigenvalue weighted by atomic mass is 32.2. The summed E-state index contributed by atoms with van der Waals surface area (Å²) in [5.74, 6) is 0.00738. The van der Waals surface area contributed by atoms with E-state index >= 15 is 0 Å². The number of ether oxygens (including phenoxy) is 1. The summed E-state index contributed by atoms with van der Waals surface area (Å²) in [4.78, 5) is 2.14. The third-order valence-corrected chi connectivity index (χ3v) is 9.71. The Labute approximate surface area is 185 Å². The maximum absolute atomic E-state index is 13.3. The molecule has 0 saturated carbocycles. The number of hydrogen-bond acceptors (Lipinski definition) is 7. The maximum atomic E-state index is 13.3. The molecule has 1 aliphatic heterocycles. The van der Waals surface area contributed by atoms with E-state index in [-0.39, 0.29) is 22.4 Å². The van der Waals surface area contributed by atoms with Gasteiger partial charge in [0.2, 0.25) is 0 Å².